The van der Waals surface area contributed by atoms with Crippen molar-refractivity contribution in [2.24, 2.45) is 0 Å². The van der Waals surface area contributed by atoms with E-state index < -0.39 is 0 Å². The van der Waals surface area contributed by atoms with Gasteiger partial charge in [-0.05, 0) is 42.2 Å². The van der Waals surface area contributed by atoms with Crippen LogP contribution < -0.4 is 5.32 Å². The van der Waals surface area contributed by atoms with Crippen LogP contribution in [-0.4, -0.2) is 6.54 Å². The molecule has 1 nitrogen and oxygen atoms in total. The summed E-state index contributed by atoms with van der Waals surface area (Å²) in [6.07, 6.45) is 1.14. The van der Waals surface area contributed by atoms with Crippen molar-refractivity contribution in [3.63, 3.8) is 0 Å². The Bertz CT molecular complexity index is 622. The summed E-state index contributed by atoms with van der Waals surface area (Å²) < 4.78 is 0. The van der Waals surface area contributed by atoms with Crippen molar-refractivity contribution in [2.45, 2.75) is 19.3 Å². The zero-order chi connectivity index (χ0) is 13.4. The zero-order valence-electron chi connectivity index (χ0n) is 10.7. The summed E-state index contributed by atoms with van der Waals surface area (Å²) in [4.78, 5) is 0. The molecule has 1 unspecified atom stereocenters. The molecule has 3 rings (SSSR count). The molecular weight excluding hydrogens is 277 g/mol. The van der Waals surface area contributed by atoms with E-state index >= 15 is 0 Å². The average Bonchev–Trinajstić information content (AvgIpc) is 2.36. The standard InChI is InChI=1S/C16H15Cl2N/c1-10-6-15(18)16(8-14(10)17)19-9-12-7-11-4-2-3-5-13(11)12/h2-6,8,12,19H,7,9H2,1H3. The number of rotatable bonds is 3. The zero-order valence-corrected chi connectivity index (χ0v) is 12.2. The highest BCUT2D eigenvalue weighted by Crippen LogP contribution is 2.36. The third-order valence-corrected chi connectivity index (χ3v) is 4.47. The highest BCUT2D eigenvalue weighted by Gasteiger charge is 2.25. The molecule has 0 radical (unpaired) electrons. The Kier molecular flexibility index (Phi) is 3.42. The summed E-state index contributed by atoms with van der Waals surface area (Å²) in [6.45, 7) is 2.86. The molecular formula is C16H15Cl2N. The van der Waals surface area contributed by atoms with Gasteiger partial charge in [-0.2, -0.15) is 0 Å². The van der Waals surface area contributed by atoms with Crippen LogP contribution in [-0.2, 0) is 6.42 Å². The fourth-order valence-electron chi connectivity index (χ4n) is 2.56. The molecule has 1 aliphatic carbocycles. The molecule has 2 aromatic carbocycles. The van der Waals surface area contributed by atoms with E-state index in [1.54, 1.807) is 0 Å². The molecule has 1 aliphatic rings. The minimum absolute atomic E-state index is 0.576. The second-order valence-electron chi connectivity index (χ2n) is 5.06. The van der Waals surface area contributed by atoms with Gasteiger partial charge in [0.05, 0.1) is 10.7 Å². The first-order valence-electron chi connectivity index (χ1n) is 6.42. The molecule has 19 heavy (non-hydrogen) atoms. The Morgan fingerprint density at radius 1 is 1.16 bits per heavy atom. The van der Waals surface area contributed by atoms with Gasteiger partial charge in [-0.1, -0.05) is 47.5 Å². The van der Waals surface area contributed by atoms with Crippen LogP contribution in [0.2, 0.25) is 10.0 Å². The molecule has 0 heterocycles. The summed E-state index contributed by atoms with van der Waals surface area (Å²) in [7, 11) is 0. The van der Waals surface area contributed by atoms with Crippen LogP contribution in [0.5, 0.6) is 0 Å². The molecule has 0 spiro atoms. The summed E-state index contributed by atoms with van der Waals surface area (Å²) in [5, 5.41) is 4.89. The number of hydrogen-bond donors (Lipinski definition) is 1. The van der Waals surface area contributed by atoms with E-state index in [1.807, 2.05) is 19.1 Å². The van der Waals surface area contributed by atoms with Crippen LogP contribution in [0.4, 0.5) is 5.69 Å². The van der Waals surface area contributed by atoms with E-state index in [1.165, 1.54) is 11.1 Å². The van der Waals surface area contributed by atoms with Gasteiger partial charge in [0, 0.05) is 17.5 Å². The van der Waals surface area contributed by atoms with Crippen molar-refractivity contribution in [3.8, 4) is 0 Å². The summed E-state index contributed by atoms with van der Waals surface area (Å²) in [5.41, 5.74) is 4.83. The van der Waals surface area contributed by atoms with Crippen LogP contribution in [0.15, 0.2) is 36.4 Å². The molecule has 0 aromatic heterocycles. The molecule has 0 aliphatic heterocycles. The Morgan fingerprint density at radius 3 is 2.74 bits per heavy atom. The topological polar surface area (TPSA) is 12.0 Å². The molecule has 1 atom stereocenters. The summed E-state index contributed by atoms with van der Waals surface area (Å²) >= 11 is 12.4. The fourth-order valence-corrected chi connectivity index (χ4v) is 3.01. The van der Waals surface area contributed by atoms with E-state index in [9.17, 15) is 0 Å². The fraction of sp³-hybridized carbons (Fsp3) is 0.250. The van der Waals surface area contributed by atoms with Gasteiger partial charge in [-0.3, -0.25) is 0 Å². The average molecular weight is 292 g/mol. The third-order valence-electron chi connectivity index (χ3n) is 3.75. The predicted molar refractivity (Wildman–Crippen MR) is 82.6 cm³/mol. The largest absolute Gasteiger partial charge is 0.383 e. The lowest BCUT2D eigenvalue weighted by Gasteiger charge is -2.30. The number of hydrogen-bond acceptors (Lipinski definition) is 1. The monoisotopic (exact) mass is 291 g/mol. The molecule has 1 N–H and O–H groups in total. The number of fused-ring (bicyclic) bond motifs is 1. The maximum absolute atomic E-state index is 6.23. The van der Waals surface area contributed by atoms with Crippen molar-refractivity contribution in [3.05, 3.63) is 63.1 Å². The van der Waals surface area contributed by atoms with Crippen LogP contribution in [0, 0.1) is 6.92 Å². The lowest BCUT2D eigenvalue weighted by atomic mass is 9.77. The van der Waals surface area contributed by atoms with Gasteiger partial charge in [0.1, 0.15) is 0 Å². The highest BCUT2D eigenvalue weighted by molar-refractivity contribution is 6.35. The van der Waals surface area contributed by atoms with Gasteiger partial charge in [0.15, 0.2) is 0 Å². The number of aryl methyl sites for hydroxylation is 1. The van der Waals surface area contributed by atoms with E-state index in [-0.39, 0.29) is 0 Å². The van der Waals surface area contributed by atoms with Gasteiger partial charge < -0.3 is 5.32 Å². The van der Waals surface area contributed by atoms with Gasteiger partial charge in [0.25, 0.3) is 0 Å². The Labute approximate surface area is 123 Å². The van der Waals surface area contributed by atoms with E-state index in [2.05, 4.69) is 29.6 Å². The van der Waals surface area contributed by atoms with Crippen LogP contribution >= 0.6 is 23.2 Å². The Balaban J connectivity index is 1.70. The Hall–Kier alpha value is -1.18. The molecule has 3 heteroatoms. The number of nitrogens with one attached hydrogen (secondary N) is 1. The smallest absolute Gasteiger partial charge is 0.0641 e. The van der Waals surface area contributed by atoms with Gasteiger partial charge in [-0.15, -0.1) is 0 Å². The maximum Gasteiger partial charge on any atom is 0.0641 e. The Morgan fingerprint density at radius 2 is 1.95 bits per heavy atom. The van der Waals surface area contributed by atoms with Crippen LogP contribution in [0.3, 0.4) is 0 Å². The molecule has 0 fully saturated rings. The lowest BCUT2D eigenvalue weighted by molar-refractivity contribution is 0.636. The van der Waals surface area contributed by atoms with Crippen molar-refractivity contribution in [2.75, 3.05) is 11.9 Å². The second-order valence-corrected chi connectivity index (χ2v) is 5.88. The summed E-state index contributed by atoms with van der Waals surface area (Å²) in [6, 6.07) is 12.4. The third kappa shape index (κ3) is 2.45. The van der Waals surface area contributed by atoms with Crippen LogP contribution in [0.1, 0.15) is 22.6 Å². The molecule has 0 saturated heterocycles. The quantitative estimate of drug-likeness (QED) is 0.834. The highest BCUT2D eigenvalue weighted by atomic mass is 35.5. The van der Waals surface area contributed by atoms with E-state index in [4.69, 9.17) is 23.2 Å². The van der Waals surface area contributed by atoms with Crippen molar-refractivity contribution in [1.82, 2.24) is 0 Å². The van der Waals surface area contributed by atoms with E-state index in [0.29, 0.717) is 5.92 Å². The molecule has 0 bridgehead atoms. The lowest BCUT2D eigenvalue weighted by Crippen LogP contribution is -2.24. The maximum atomic E-state index is 6.23. The number of halogens is 2. The minimum Gasteiger partial charge on any atom is -0.383 e. The van der Waals surface area contributed by atoms with Crippen molar-refractivity contribution in [1.29, 1.82) is 0 Å². The van der Waals surface area contributed by atoms with Gasteiger partial charge in [-0.25, -0.2) is 0 Å². The first-order chi connectivity index (χ1) is 9.15. The molecule has 2 aromatic rings. The molecule has 98 valence electrons. The SMILES string of the molecule is Cc1cc(Cl)c(NCC2Cc3ccccc32)cc1Cl. The van der Waals surface area contributed by atoms with E-state index in [0.717, 1.165) is 34.3 Å². The predicted octanol–water partition coefficient (Wildman–Crippen LogP) is 5.05. The summed E-state index contributed by atoms with van der Waals surface area (Å²) in [5.74, 6) is 0.576. The number of benzene rings is 2. The van der Waals surface area contributed by atoms with Gasteiger partial charge in [0.2, 0.25) is 0 Å². The molecule has 0 amide bonds. The first-order valence-corrected chi connectivity index (χ1v) is 7.18. The normalized spacial score (nSPS) is 16.7. The number of anilines is 1. The molecule has 0 saturated carbocycles. The second kappa shape index (κ2) is 5.07. The minimum atomic E-state index is 0.576. The first kappa shape index (κ1) is 12.8. The van der Waals surface area contributed by atoms with Crippen molar-refractivity contribution < 1.29 is 0 Å². The van der Waals surface area contributed by atoms with Crippen molar-refractivity contribution >= 4 is 28.9 Å². The van der Waals surface area contributed by atoms with Gasteiger partial charge >= 0.3 is 0 Å². The van der Waals surface area contributed by atoms with Crippen LogP contribution in [0.25, 0.3) is 0 Å².